The minimum absolute atomic E-state index is 0.0222. The van der Waals surface area contributed by atoms with Crippen LogP contribution in [0.25, 0.3) is 0 Å². The van der Waals surface area contributed by atoms with Gasteiger partial charge in [0, 0.05) is 11.8 Å². The van der Waals surface area contributed by atoms with Crippen molar-refractivity contribution in [2.75, 3.05) is 0 Å². The summed E-state index contributed by atoms with van der Waals surface area (Å²) in [6.07, 6.45) is 8.76. The minimum atomic E-state index is -0.767. The number of fused-ring (bicyclic) bond motifs is 4. The van der Waals surface area contributed by atoms with E-state index >= 15 is 0 Å². The van der Waals surface area contributed by atoms with Crippen LogP contribution >= 0.6 is 0 Å². The molecule has 192 valence electrons. The van der Waals surface area contributed by atoms with Crippen LogP contribution in [-0.4, -0.2) is 45.7 Å². The number of rotatable bonds is 3. The van der Waals surface area contributed by atoms with Crippen LogP contribution in [0.1, 0.15) is 98.8 Å². The molecule has 34 heavy (non-hydrogen) atoms. The van der Waals surface area contributed by atoms with Crippen LogP contribution in [0.15, 0.2) is 0 Å². The Morgan fingerprint density at radius 1 is 0.971 bits per heavy atom. The fourth-order valence-corrected chi connectivity index (χ4v) is 11.9. The van der Waals surface area contributed by atoms with Gasteiger partial charge in [-0.15, -0.1) is 0 Å². The fourth-order valence-electron chi connectivity index (χ4n) is 11.9. The Balaban J connectivity index is 1.34. The quantitative estimate of drug-likeness (QED) is 0.534. The molecule has 6 fully saturated rings. The summed E-state index contributed by atoms with van der Waals surface area (Å²) < 4.78 is 6.60. The summed E-state index contributed by atoms with van der Waals surface area (Å²) in [5.41, 5.74) is 0.524. The molecule has 12 atom stereocenters. The van der Waals surface area contributed by atoms with E-state index in [1.165, 1.54) is 19.3 Å². The highest BCUT2D eigenvalue weighted by Crippen LogP contribution is 2.89. The van der Waals surface area contributed by atoms with Gasteiger partial charge in [0.1, 0.15) is 0 Å². The number of aliphatic carboxylic acids is 1. The van der Waals surface area contributed by atoms with Gasteiger partial charge in [0.05, 0.1) is 24.4 Å². The van der Waals surface area contributed by atoms with E-state index < -0.39 is 12.1 Å². The van der Waals surface area contributed by atoms with Crippen molar-refractivity contribution in [2.45, 2.75) is 123 Å². The first-order chi connectivity index (χ1) is 15.8. The third-order valence-corrected chi connectivity index (χ3v) is 13.5. The fraction of sp³-hybridized carbons (Fsp3) is 0.966. The molecule has 0 amide bonds. The highest BCUT2D eigenvalue weighted by molar-refractivity contribution is 5.66. The van der Waals surface area contributed by atoms with Gasteiger partial charge in [-0.3, -0.25) is 4.79 Å². The number of hydrogen-bond donors (Lipinski definition) is 3. The van der Waals surface area contributed by atoms with Gasteiger partial charge in [-0.05, 0) is 103 Å². The van der Waals surface area contributed by atoms with E-state index in [9.17, 15) is 20.1 Å². The molecular weight excluding hydrogens is 428 g/mol. The normalized spacial score (nSPS) is 59.1. The molecule has 0 aromatic rings. The Kier molecular flexibility index (Phi) is 4.89. The molecule has 0 aromatic carbocycles. The second kappa shape index (κ2) is 7.01. The van der Waals surface area contributed by atoms with Crippen molar-refractivity contribution in [2.24, 2.45) is 50.7 Å². The summed E-state index contributed by atoms with van der Waals surface area (Å²) in [4.78, 5) is 11.2. The molecule has 0 aromatic heterocycles. The van der Waals surface area contributed by atoms with E-state index in [-0.39, 0.29) is 41.0 Å². The van der Waals surface area contributed by atoms with Gasteiger partial charge in [0.15, 0.2) is 0 Å². The molecule has 1 heterocycles. The zero-order valence-electron chi connectivity index (χ0n) is 21.8. The van der Waals surface area contributed by atoms with Gasteiger partial charge >= 0.3 is 5.97 Å². The van der Waals surface area contributed by atoms with Crippen LogP contribution in [0.2, 0.25) is 0 Å². The molecule has 5 saturated carbocycles. The van der Waals surface area contributed by atoms with Crippen molar-refractivity contribution in [3.8, 4) is 0 Å². The number of aliphatic hydroxyl groups excluding tert-OH is 2. The molecule has 1 saturated heterocycles. The lowest BCUT2D eigenvalue weighted by molar-refractivity contribution is -0.182. The van der Waals surface area contributed by atoms with Crippen molar-refractivity contribution < 1.29 is 24.9 Å². The molecule has 5 nitrogen and oxygen atoms in total. The van der Waals surface area contributed by atoms with E-state index in [1.807, 2.05) is 0 Å². The number of ether oxygens (including phenoxy) is 1. The maximum atomic E-state index is 12.1. The summed E-state index contributed by atoms with van der Waals surface area (Å²) in [5.74, 6) is 1.10. The predicted octanol–water partition coefficient (Wildman–Crippen LogP) is 5.03. The molecule has 5 heteroatoms. The average molecular weight is 475 g/mol. The summed E-state index contributed by atoms with van der Waals surface area (Å²) in [7, 11) is 0. The minimum Gasteiger partial charge on any atom is -0.481 e. The van der Waals surface area contributed by atoms with Crippen LogP contribution in [0.5, 0.6) is 0 Å². The predicted molar refractivity (Wildman–Crippen MR) is 129 cm³/mol. The number of aliphatic hydroxyl groups is 2. The van der Waals surface area contributed by atoms with Crippen LogP contribution in [0, 0.1) is 50.7 Å². The topological polar surface area (TPSA) is 87.0 Å². The van der Waals surface area contributed by atoms with E-state index in [0.717, 1.165) is 32.1 Å². The highest BCUT2D eigenvalue weighted by Gasteiger charge is 2.84. The molecule has 0 radical (unpaired) electrons. The van der Waals surface area contributed by atoms with Crippen molar-refractivity contribution in [1.29, 1.82) is 0 Å². The van der Waals surface area contributed by atoms with Gasteiger partial charge in [0.25, 0.3) is 0 Å². The van der Waals surface area contributed by atoms with E-state index in [0.29, 0.717) is 40.9 Å². The molecule has 5 aliphatic carbocycles. The first-order valence-electron chi connectivity index (χ1n) is 14.1. The molecular formula is C29H46O5. The monoisotopic (exact) mass is 474 g/mol. The third-order valence-electron chi connectivity index (χ3n) is 13.5. The lowest BCUT2D eigenvalue weighted by Gasteiger charge is -2.63. The lowest BCUT2D eigenvalue weighted by Crippen LogP contribution is -2.59. The molecule has 6 rings (SSSR count). The highest BCUT2D eigenvalue weighted by atomic mass is 16.5. The second-order valence-corrected chi connectivity index (χ2v) is 14.6. The van der Waals surface area contributed by atoms with Gasteiger partial charge in [0.2, 0.25) is 0 Å². The van der Waals surface area contributed by atoms with Crippen LogP contribution in [0.4, 0.5) is 0 Å². The third kappa shape index (κ3) is 2.55. The zero-order chi connectivity index (χ0) is 24.5. The van der Waals surface area contributed by atoms with Crippen molar-refractivity contribution in [1.82, 2.24) is 0 Å². The Hall–Kier alpha value is -0.650. The van der Waals surface area contributed by atoms with E-state index in [1.54, 1.807) is 0 Å². The summed E-state index contributed by atoms with van der Waals surface area (Å²) in [6, 6.07) is 0. The van der Waals surface area contributed by atoms with Gasteiger partial charge in [-0.25, -0.2) is 0 Å². The van der Waals surface area contributed by atoms with Crippen molar-refractivity contribution in [3.63, 3.8) is 0 Å². The second-order valence-electron chi connectivity index (χ2n) is 14.6. The van der Waals surface area contributed by atoms with Crippen LogP contribution < -0.4 is 0 Å². The molecule has 1 aliphatic heterocycles. The molecule has 0 bridgehead atoms. The first-order valence-corrected chi connectivity index (χ1v) is 14.1. The van der Waals surface area contributed by atoms with Gasteiger partial charge in [-0.2, -0.15) is 0 Å². The van der Waals surface area contributed by atoms with Crippen molar-refractivity contribution >= 4 is 5.97 Å². The molecule has 6 aliphatic rings. The smallest absolute Gasteiger partial charge is 0.303 e. The Labute approximate surface area is 205 Å². The maximum absolute atomic E-state index is 12.1. The number of carbonyl (C=O) groups is 1. The summed E-state index contributed by atoms with van der Waals surface area (Å²) in [6.45, 7) is 11.8. The Bertz CT molecular complexity index is 886. The SMILES string of the molecule is CC1CC(CCC(=O)O)OC2C1C1(C)CCC34CC35CCC(O)C(C)(C)C5CCC4C1(C)C2O. The standard InChI is InChI=1S/C29H46O5/c1-16-14-17(6-9-21(31)32)34-23-22(16)26(4)12-13-29-15-28(29)11-10-20(30)25(2,3)18(28)7-8-19(29)27(26,5)24(23)33/h16-20,22-24,30,33H,6-15H2,1-5H3,(H,31,32). The number of carboxylic acids is 1. The van der Waals surface area contributed by atoms with Crippen LogP contribution in [0.3, 0.4) is 0 Å². The van der Waals surface area contributed by atoms with Crippen LogP contribution in [-0.2, 0) is 9.53 Å². The largest absolute Gasteiger partial charge is 0.481 e. The maximum Gasteiger partial charge on any atom is 0.303 e. The first kappa shape index (κ1) is 23.7. The van der Waals surface area contributed by atoms with E-state index in [2.05, 4.69) is 34.6 Å². The Morgan fingerprint density at radius 3 is 2.35 bits per heavy atom. The Morgan fingerprint density at radius 2 is 1.65 bits per heavy atom. The summed E-state index contributed by atoms with van der Waals surface area (Å²) >= 11 is 0. The van der Waals surface area contributed by atoms with Gasteiger partial charge in [-0.1, -0.05) is 34.6 Å². The van der Waals surface area contributed by atoms with E-state index in [4.69, 9.17) is 4.74 Å². The average Bonchev–Trinajstić information content (AvgIpc) is 3.40. The molecule has 12 unspecified atom stereocenters. The lowest BCUT2D eigenvalue weighted by atomic mass is 9.41. The number of carboxylic acid groups (broad SMARTS) is 1. The number of hydrogen-bond acceptors (Lipinski definition) is 4. The van der Waals surface area contributed by atoms with Crippen molar-refractivity contribution in [3.05, 3.63) is 0 Å². The summed E-state index contributed by atoms with van der Waals surface area (Å²) in [5, 5.41) is 32.1. The van der Waals surface area contributed by atoms with Gasteiger partial charge < -0.3 is 20.1 Å². The molecule has 3 N–H and O–H groups in total. The molecule has 2 spiro atoms. The zero-order valence-corrected chi connectivity index (χ0v) is 21.8.